The van der Waals surface area contributed by atoms with Gasteiger partial charge in [-0.2, -0.15) is 0 Å². The molecule has 126 valence electrons. The Labute approximate surface area is 152 Å². The number of hydrogen-bond acceptors (Lipinski definition) is 2. The minimum Gasteiger partial charge on any atom is -0.286 e. The molecule has 0 bridgehead atoms. The molecule has 1 aliphatic heterocycles. The average Bonchev–Trinajstić information content (AvgIpc) is 3.00. The maximum Gasteiger partial charge on any atom is 0.278 e. The third kappa shape index (κ3) is 3.33. The summed E-state index contributed by atoms with van der Waals surface area (Å²) in [6, 6.07) is 29.6. The van der Waals surface area contributed by atoms with Crippen LogP contribution in [0, 0.1) is 0 Å². The molecule has 26 heavy (non-hydrogen) atoms. The van der Waals surface area contributed by atoms with Gasteiger partial charge < -0.3 is 0 Å². The van der Waals surface area contributed by atoms with Crippen molar-refractivity contribution < 1.29 is 4.79 Å². The van der Waals surface area contributed by atoms with Gasteiger partial charge in [-0.25, -0.2) is 4.99 Å². The van der Waals surface area contributed by atoms with E-state index in [2.05, 4.69) is 4.99 Å². The molecular weight excluding hydrogens is 320 g/mol. The number of amidine groups is 1. The van der Waals surface area contributed by atoms with Gasteiger partial charge in [-0.1, -0.05) is 91.0 Å². The normalized spacial score (nSPS) is 15.4. The monoisotopic (exact) mass is 338 g/mol. The van der Waals surface area contributed by atoms with Crippen molar-refractivity contribution in [3.63, 3.8) is 0 Å². The lowest BCUT2D eigenvalue weighted by molar-refractivity contribution is -0.123. The third-order valence-electron chi connectivity index (χ3n) is 4.26. The van der Waals surface area contributed by atoms with E-state index in [-0.39, 0.29) is 5.91 Å². The predicted molar refractivity (Wildman–Crippen MR) is 104 cm³/mol. The van der Waals surface area contributed by atoms with E-state index in [0.717, 1.165) is 16.7 Å². The molecule has 0 radical (unpaired) electrons. The van der Waals surface area contributed by atoms with Gasteiger partial charge >= 0.3 is 0 Å². The number of benzene rings is 3. The van der Waals surface area contributed by atoms with E-state index < -0.39 is 0 Å². The van der Waals surface area contributed by atoms with Crippen LogP contribution in [0.5, 0.6) is 0 Å². The first-order valence-corrected chi connectivity index (χ1v) is 8.58. The summed E-state index contributed by atoms with van der Waals surface area (Å²) in [5.41, 5.74) is 3.44. The van der Waals surface area contributed by atoms with Crippen molar-refractivity contribution >= 4 is 17.8 Å². The summed E-state index contributed by atoms with van der Waals surface area (Å²) in [6.45, 7) is 0.500. The summed E-state index contributed by atoms with van der Waals surface area (Å²) in [5.74, 6) is 0.623. The van der Waals surface area contributed by atoms with Crippen molar-refractivity contribution in [1.82, 2.24) is 4.90 Å². The standard InChI is InChI=1S/C23H18N2O/c26-23-21(16-18-10-4-1-5-11-18)24-22(20-14-8-3-9-15-20)25(23)17-19-12-6-2-7-13-19/h1-16H,17H2. The van der Waals surface area contributed by atoms with Gasteiger partial charge in [-0.3, -0.25) is 9.69 Å². The first kappa shape index (κ1) is 16.0. The lowest BCUT2D eigenvalue weighted by Crippen LogP contribution is -2.32. The average molecular weight is 338 g/mol. The fourth-order valence-corrected chi connectivity index (χ4v) is 2.98. The Morgan fingerprint density at radius 1 is 0.769 bits per heavy atom. The van der Waals surface area contributed by atoms with Crippen LogP contribution in [0.15, 0.2) is 102 Å². The molecule has 1 heterocycles. The van der Waals surface area contributed by atoms with Crippen molar-refractivity contribution in [2.45, 2.75) is 6.54 Å². The van der Waals surface area contributed by atoms with Crippen LogP contribution >= 0.6 is 0 Å². The molecule has 0 saturated carbocycles. The number of nitrogens with zero attached hydrogens (tertiary/aromatic N) is 2. The van der Waals surface area contributed by atoms with Gasteiger partial charge in [0.05, 0.1) is 6.54 Å². The Bertz CT molecular complexity index is 961. The van der Waals surface area contributed by atoms with Crippen LogP contribution in [0.4, 0.5) is 0 Å². The molecule has 0 unspecified atom stereocenters. The summed E-state index contributed by atoms with van der Waals surface area (Å²) < 4.78 is 0. The molecule has 3 nitrogen and oxygen atoms in total. The van der Waals surface area contributed by atoms with Gasteiger partial charge in [0, 0.05) is 5.56 Å². The number of carbonyl (C=O) groups excluding carboxylic acids is 1. The van der Waals surface area contributed by atoms with Crippen LogP contribution in [-0.4, -0.2) is 16.6 Å². The van der Waals surface area contributed by atoms with Gasteiger partial charge in [0.15, 0.2) is 0 Å². The number of aliphatic imine (C=N–C) groups is 1. The van der Waals surface area contributed by atoms with E-state index in [1.807, 2.05) is 97.1 Å². The topological polar surface area (TPSA) is 32.7 Å². The molecule has 0 fully saturated rings. The Hall–Kier alpha value is -3.46. The number of carbonyl (C=O) groups is 1. The van der Waals surface area contributed by atoms with Gasteiger partial charge in [0.1, 0.15) is 11.5 Å². The van der Waals surface area contributed by atoms with Crippen LogP contribution in [0.25, 0.3) is 6.08 Å². The summed E-state index contributed by atoms with van der Waals surface area (Å²) in [7, 11) is 0. The zero-order chi connectivity index (χ0) is 17.8. The van der Waals surface area contributed by atoms with E-state index in [1.165, 1.54) is 0 Å². The molecule has 3 aromatic carbocycles. The second-order valence-corrected chi connectivity index (χ2v) is 6.12. The molecule has 1 amide bonds. The fraction of sp³-hybridized carbons (Fsp3) is 0.0435. The maximum atomic E-state index is 13.0. The summed E-state index contributed by atoms with van der Waals surface area (Å²) in [5, 5.41) is 0. The van der Waals surface area contributed by atoms with Crippen molar-refractivity contribution in [2.24, 2.45) is 4.99 Å². The highest BCUT2D eigenvalue weighted by molar-refractivity contribution is 6.19. The molecule has 0 spiro atoms. The molecule has 4 rings (SSSR count). The molecule has 0 N–H and O–H groups in total. The number of hydrogen-bond donors (Lipinski definition) is 0. The number of amides is 1. The SMILES string of the molecule is O=C1C(=Cc2ccccc2)N=C(c2ccccc2)N1Cc1ccccc1. The molecule has 3 heteroatoms. The van der Waals surface area contributed by atoms with Crippen LogP contribution in [-0.2, 0) is 11.3 Å². The number of rotatable bonds is 4. The second kappa shape index (κ2) is 7.19. The zero-order valence-corrected chi connectivity index (χ0v) is 14.2. The highest BCUT2D eigenvalue weighted by Crippen LogP contribution is 2.24. The predicted octanol–water partition coefficient (Wildman–Crippen LogP) is 4.52. The van der Waals surface area contributed by atoms with E-state index in [1.54, 1.807) is 4.90 Å². The Balaban J connectivity index is 1.73. The summed E-state index contributed by atoms with van der Waals surface area (Å²) in [6.07, 6.45) is 1.84. The van der Waals surface area contributed by atoms with E-state index in [9.17, 15) is 4.79 Å². The van der Waals surface area contributed by atoms with Crippen LogP contribution in [0.1, 0.15) is 16.7 Å². The highest BCUT2D eigenvalue weighted by Gasteiger charge is 2.30. The molecule has 0 aromatic heterocycles. The van der Waals surface area contributed by atoms with Gasteiger partial charge in [0.25, 0.3) is 5.91 Å². The van der Waals surface area contributed by atoms with Crippen molar-refractivity contribution in [3.05, 3.63) is 113 Å². The molecule has 3 aromatic rings. The Morgan fingerprint density at radius 3 is 2.00 bits per heavy atom. The minimum absolute atomic E-state index is 0.0726. The van der Waals surface area contributed by atoms with E-state index >= 15 is 0 Å². The lowest BCUT2D eigenvalue weighted by Gasteiger charge is -2.18. The van der Waals surface area contributed by atoms with Crippen LogP contribution in [0.2, 0.25) is 0 Å². The van der Waals surface area contributed by atoms with Gasteiger partial charge in [-0.05, 0) is 17.2 Å². The third-order valence-corrected chi connectivity index (χ3v) is 4.26. The van der Waals surface area contributed by atoms with Crippen molar-refractivity contribution in [1.29, 1.82) is 0 Å². The van der Waals surface area contributed by atoms with Gasteiger partial charge in [-0.15, -0.1) is 0 Å². The van der Waals surface area contributed by atoms with Crippen molar-refractivity contribution in [2.75, 3.05) is 0 Å². The lowest BCUT2D eigenvalue weighted by atomic mass is 10.1. The zero-order valence-electron chi connectivity index (χ0n) is 14.2. The summed E-state index contributed by atoms with van der Waals surface area (Å²) >= 11 is 0. The van der Waals surface area contributed by atoms with Crippen LogP contribution < -0.4 is 0 Å². The quantitative estimate of drug-likeness (QED) is 0.644. The molecular formula is C23H18N2O. The first-order chi connectivity index (χ1) is 12.8. The maximum absolute atomic E-state index is 13.0. The molecule has 0 atom stereocenters. The second-order valence-electron chi connectivity index (χ2n) is 6.12. The van der Waals surface area contributed by atoms with E-state index in [0.29, 0.717) is 18.1 Å². The molecule has 0 aliphatic carbocycles. The largest absolute Gasteiger partial charge is 0.286 e. The molecule has 1 aliphatic rings. The van der Waals surface area contributed by atoms with Crippen molar-refractivity contribution in [3.8, 4) is 0 Å². The fourth-order valence-electron chi connectivity index (χ4n) is 2.98. The smallest absolute Gasteiger partial charge is 0.278 e. The van der Waals surface area contributed by atoms with Gasteiger partial charge in [0.2, 0.25) is 0 Å². The molecule has 0 saturated heterocycles. The Morgan fingerprint density at radius 2 is 1.35 bits per heavy atom. The Kier molecular flexibility index (Phi) is 4.44. The van der Waals surface area contributed by atoms with E-state index in [4.69, 9.17) is 0 Å². The summed E-state index contributed by atoms with van der Waals surface area (Å²) in [4.78, 5) is 19.5. The first-order valence-electron chi connectivity index (χ1n) is 8.58. The van der Waals surface area contributed by atoms with Crippen LogP contribution in [0.3, 0.4) is 0 Å². The highest BCUT2D eigenvalue weighted by atomic mass is 16.2. The minimum atomic E-state index is -0.0726.